The molecule has 2 aromatic rings. The van der Waals surface area contributed by atoms with Crippen molar-refractivity contribution in [3.63, 3.8) is 0 Å². The van der Waals surface area contributed by atoms with Crippen molar-refractivity contribution in [3.8, 4) is 0 Å². The number of nitrogens with zero attached hydrogens (tertiary/aromatic N) is 4. The van der Waals surface area contributed by atoms with Gasteiger partial charge in [-0.2, -0.15) is 5.10 Å². The number of hydrogen-bond donors (Lipinski definition) is 1. The number of likely N-dealkylation sites (tertiary alicyclic amines) is 1. The summed E-state index contributed by atoms with van der Waals surface area (Å²) in [6.45, 7) is 3.67. The van der Waals surface area contributed by atoms with Gasteiger partial charge in [-0.3, -0.25) is 9.48 Å². The van der Waals surface area contributed by atoms with E-state index in [1.165, 1.54) is 6.42 Å². The summed E-state index contributed by atoms with van der Waals surface area (Å²) >= 11 is 0. The van der Waals surface area contributed by atoms with E-state index in [0.29, 0.717) is 0 Å². The minimum absolute atomic E-state index is 0.170. The van der Waals surface area contributed by atoms with Crippen LogP contribution in [0.5, 0.6) is 0 Å². The molecule has 21 heavy (non-hydrogen) atoms. The molecule has 3 heterocycles. The van der Waals surface area contributed by atoms with Gasteiger partial charge in [0.15, 0.2) is 5.65 Å². The lowest BCUT2D eigenvalue weighted by molar-refractivity contribution is -0.132. The van der Waals surface area contributed by atoms with Crippen LogP contribution in [-0.4, -0.2) is 44.7 Å². The van der Waals surface area contributed by atoms with Crippen molar-refractivity contribution in [2.45, 2.75) is 32.2 Å². The molecule has 1 fully saturated rings. The first-order chi connectivity index (χ1) is 10.2. The Morgan fingerprint density at radius 3 is 2.86 bits per heavy atom. The van der Waals surface area contributed by atoms with E-state index in [0.717, 1.165) is 42.7 Å². The summed E-state index contributed by atoms with van der Waals surface area (Å²) in [5, 5.41) is 8.47. The summed E-state index contributed by atoms with van der Waals surface area (Å²) in [7, 11) is 1.86. The van der Waals surface area contributed by atoms with Crippen LogP contribution in [0.25, 0.3) is 11.0 Å². The summed E-state index contributed by atoms with van der Waals surface area (Å²) in [5.41, 5.74) is 1.73. The van der Waals surface area contributed by atoms with Crippen LogP contribution in [0.3, 0.4) is 0 Å². The average molecular weight is 287 g/mol. The topological polar surface area (TPSA) is 63.1 Å². The van der Waals surface area contributed by atoms with Gasteiger partial charge in [0.25, 0.3) is 0 Å². The molecule has 0 bridgehead atoms. The quantitative estimate of drug-likeness (QED) is 0.934. The minimum Gasteiger partial charge on any atom is -0.373 e. The molecule has 2 aromatic heterocycles. The third-order valence-electron chi connectivity index (χ3n) is 4.05. The molecule has 6 heteroatoms. The van der Waals surface area contributed by atoms with Gasteiger partial charge in [0.2, 0.25) is 5.91 Å². The molecule has 0 spiro atoms. The van der Waals surface area contributed by atoms with Crippen molar-refractivity contribution in [2.75, 3.05) is 18.4 Å². The Kier molecular flexibility index (Phi) is 3.77. The van der Waals surface area contributed by atoms with Gasteiger partial charge < -0.3 is 10.2 Å². The number of amides is 1. The lowest BCUT2D eigenvalue weighted by Crippen LogP contribution is -2.43. The fraction of sp³-hybridized carbons (Fsp3) is 0.533. The Hall–Kier alpha value is -2.11. The maximum atomic E-state index is 12.5. The molecular formula is C15H21N5O. The fourth-order valence-electron chi connectivity index (χ4n) is 2.86. The van der Waals surface area contributed by atoms with Crippen LogP contribution in [0.1, 0.15) is 26.2 Å². The first-order valence-electron chi connectivity index (χ1n) is 7.49. The van der Waals surface area contributed by atoms with E-state index in [1.807, 2.05) is 24.9 Å². The average Bonchev–Trinajstić information content (AvgIpc) is 2.90. The summed E-state index contributed by atoms with van der Waals surface area (Å²) in [4.78, 5) is 18.7. The molecule has 1 N–H and O–H groups in total. The van der Waals surface area contributed by atoms with Crippen molar-refractivity contribution in [3.05, 3.63) is 18.5 Å². The van der Waals surface area contributed by atoms with Crippen LogP contribution >= 0.6 is 0 Å². The van der Waals surface area contributed by atoms with Gasteiger partial charge in [-0.15, -0.1) is 0 Å². The van der Waals surface area contributed by atoms with E-state index in [-0.39, 0.29) is 11.9 Å². The molecule has 1 aliphatic rings. The van der Waals surface area contributed by atoms with Gasteiger partial charge in [0.1, 0.15) is 6.04 Å². The highest BCUT2D eigenvalue weighted by atomic mass is 16.2. The molecule has 6 nitrogen and oxygen atoms in total. The number of rotatable bonds is 3. The van der Waals surface area contributed by atoms with Gasteiger partial charge in [-0.25, -0.2) is 4.98 Å². The summed E-state index contributed by atoms with van der Waals surface area (Å²) < 4.78 is 1.73. The molecule has 1 atom stereocenters. The van der Waals surface area contributed by atoms with Crippen LogP contribution in [0.2, 0.25) is 0 Å². The van der Waals surface area contributed by atoms with Crippen LogP contribution in [0.15, 0.2) is 18.5 Å². The number of piperidine rings is 1. The van der Waals surface area contributed by atoms with Crippen LogP contribution < -0.4 is 5.32 Å². The number of nitrogens with one attached hydrogen (secondary N) is 1. The highest BCUT2D eigenvalue weighted by Crippen LogP contribution is 2.21. The number of aromatic nitrogens is 3. The van der Waals surface area contributed by atoms with E-state index in [9.17, 15) is 4.79 Å². The number of pyridine rings is 1. The van der Waals surface area contributed by atoms with E-state index in [2.05, 4.69) is 15.4 Å². The molecule has 0 radical (unpaired) electrons. The van der Waals surface area contributed by atoms with Gasteiger partial charge >= 0.3 is 0 Å². The highest BCUT2D eigenvalue weighted by Gasteiger charge is 2.22. The van der Waals surface area contributed by atoms with Crippen LogP contribution in [0, 0.1) is 0 Å². The first-order valence-corrected chi connectivity index (χ1v) is 7.49. The second kappa shape index (κ2) is 5.71. The number of fused-ring (bicyclic) bond motifs is 1. The van der Waals surface area contributed by atoms with E-state index >= 15 is 0 Å². The number of hydrogen-bond acceptors (Lipinski definition) is 4. The number of carbonyl (C=O) groups excluding carboxylic acids is 1. The number of aryl methyl sites for hydroxylation is 1. The number of anilines is 1. The summed E-state index contributed by atoms with van der Waals surface area (Å²) in [5.74, 6) is 0.170. The van der Waals surface area contributed by atoms with Crippen molar-refractivity contribution >= 4 is 22.6 Å². The SMILES string of the molecule is CC(Nc1ccnc2c1cnn2C)C(=O)N1CCCCC1. The Bertz CT molecular complexity index is 645. The molecule has 1 unspecified atom stereocenters. The van der Waals surface area contributed by atoms with Crippen molar-refractivity contribution < 1.29 is 4.79 Å². The molecule has 0 saturated carbocycles. The zero-order chi connectivity index (χ0) is 14.8. The molecule has 1 saturated heterocycles. The molecular weight excluding hydrogens is 266 g/mol. The minimum atomic E-state index is -0.242. The summed E-state index contributed by atoms with van der Waals surface area (Å²) in [6.07, 6.45) is 6.97. The van der Waals surface area contributed by atoms with Crippen LogP contribution in [0.4, 0.5) is 5.69 Å². The number of carbonyl (C=O) groups is 1. The van der Waals surface area contributed by atoms with E-state index in [1.54, 1.807) is 17.1 Å². The molecule has 1 aliphatic heterocycles. The van der Waals surface area contributed by atoms with Crippen LogP contribution in [-0.2, 0) is 11.8 Å². The third-order valence-corrected chi connectivity index (χ3v) is 4.05. The fourth-order valence-corrected chi connectivity index (χ4v) is 2.86. The van der Waals surface area contributed by atoms with Crippen molar-refractivity contribution in [2.24, 2.45) is 7.05 Å². The van der Waals surface area contributed by atoms with Crippen molar-refractivity contribution in [1.29, 1.82) is 0 Å². The van der Waals surface area contributed by atoms with Gasteiger partial charge in [0.05, 0.1) is 11.6 Å². The second-order valence-electron chi connectivity index (χ2n) is 5.62. The molecule has 112 valence electrons. The summed E-state index contributed by atoms with van der Waals surface area (Å²) in [6, 6.07) is 1.65. The normalized spacial score (nSPS) is 17.0. The lowest BCUT2D eigenvalue weighted by atomic mass is 10.1. The zero-order valence-corrected chi connectivity index (χ0v) is 12.5. The first kappa shape index (κ1) is 13.9. The van der Waals surface area contributed by atoms with Crippen molar-refractivity contribution in [1.82, 2.24) is 19.7 Å². The van der Waals surface area contributed by atoms with Gasteiger partial charge in [-0.05, 0) is 32.3 Å². The maximum Gasteiger partial charge on any atom is 0.244 e. The second-order valence-corrected chi connectivity index (χ2v) is 5.62. The van der Waals surface area contributed by atoms with E-state index in [4.69, 9.17) is 0 Å². The lowest BCUT2D eigenvalue weighted by Gasteiger charge is -2.29. The molecule has 0 aliphatic carbocycles. The van der Waals surface area contributed by atoms with Gasteiger partial charge in [0, 0.05) is 32.0 Å². The third kappa shape index (κ3) is 2.70. The Morgan fingerprint density at radius 2 is 2.10 bits per heavy atom. The van der Waals surface area contributed by atoms with E-state index < -0.39 is 0 Å². The Morgan fingerprint density at radius 1 is 1.33 bits per heavy atom. The smallest absolute Gasteiger partial charge is 0.244 e. The Balaban J connectivity index is 1.76. The predicted molar refractivity (Wildman–Crippen MR) is 82.0 cm³/mol. The molecule has 1 amide bonds. The predicted octanol–water partition coefficient (Wildman–Crippen LogP) is 1.78. The Labute approximate surface area is 124 Å². The maximum absolute atomic E-state index is 12.5. The van der Waals surface area contributed by atoms with Gasteiger partial charge in [-0.1, -0.05) is 0 Å². The standard InChI is InChI=1S/C15H21N5O/c1-11(15(21)20-8-4-3-5-9-20)18-13-6-7-16-14-12(13)10-17-19(14)2/h6-7,10-11H,3-5,8-9H2,1-2H3,(H,16,18). The molecule has 3 rings (SSSR count). The largest absolute Gasteiger partial charge is 0.373 e. The molecule has 0 aromatic carbocycles. The monoisotopic (exact) mass is 287 g/mol. The zero-order valence-electron chi connectivity index (χ0n) is 12.5. The highest BCUT2D eigenvalue weighted by molar-refractivity contribution is 5.92.